The van der Waals surface area contributed by atoms with Crippen LogP contribution in [0.5, 0.6) is 5.75 Å². The Morgan fingerprint density at radius 2 is 2.00 bits per heavy atom. The summed E-state index contributed by atoms with van der Waals surface area (Å²) in [5, 5.41) is 3.48. The normalized spacial score (nSPS) is 10.7. The number of nitrogens with zero attached hydrogens (tertiary/aromatic N) is 1. The van der Waals surface area contributed by atoms with Crippen molar-refractivity contribution >= 4 is 33.2 Å². The molecule has 0 amide bonds. The summed E-state index contributed by atoms with van der Waals surface area (Å²) in [6.07, 6.45) is 1.60. The third kappa shape index (κ3) is 4.31. The molecule has 20 heavy (non-hydrogen) atoms. The molecule has 0 radical (unpaired) electrons. The average Bonchev–Trinajstić information content (AvgIpc) is 2.41. The average molecular weight is 364 g/mol. The predicted molar refractivity (Wildman–Crippen MR) is 77.3 cm³/mol. The van der Waals surface area contributed by atoms with Crippen LogP contribution < -0.4 is 10.1 Å². The molecule has 2 aromatic rings. The van der Waals surface area contributed by atoms with Crippen molar-refractivity contribution in [2.75, 3.05) is 5.32 Å². The molecule has 1 heterocycles. The van der Waals surface area contributed by atoms with Crippen LogP contribution in [0.25, 0.3) is 0 Å². The molecule has 1 N–H and O–H groups in total. The quantitative estimate of drug-likeness (QED) is 0.781. The molecule has 0 saturated carbocycles. The van der Waals surface area contributed by atoms with Crippen LogP contribution in [-0.4, -0.2) is 11.6 Å². The first kappa shape index (κ1) is 15.0. The van der Waals surface area contributed by atoms with Gasteiger partial charge in [-0.05, 0) is 39.7 Å². The number of pyridine rings is 1. The number of rotatable bonds is 5. The van der Waals surface area contributed by atoms with Crippen LogP contribution in [0.15, 0.2) is 41.0 Å². The molecule has 0 aliphatic rings. The summed E-state index contributed by atoms with van der Waals surface area (Å²) in [5.41, 5.74) is 1.59. The molecule has 2 rings (SSSR count). The van der Waals surface area contributed by atoms with E-state index in [0.717, 1.165) is 10.0 Å². The standard InChI is InChI=1S/C13H10BrClF2N2O/c14-9-5-11(12(15)19-7-9)18-6-8-1-3-10(4-2-8)20-13(16)17/h1-5,7,13,18H,6H2. The van der Waals surface area contributed by atoms with Crippen molar-refractivity contribution in [2.45, 2.75) is 13.2 Å². The summed E-state index contributed by atoms with van der Waals surface area (Å²) in [7, 11) is 0. The van der Waals surface area contributed by atoms with E-state index in [1.807, 2.05) is 6.07 Å². The Morgan fingerprint density at radius 3 is 2.65 bits per heavy atom. The molecule has 1 aromatic carbocycles. The molecule has 0 spiro atoms. The SMILES string of the molecule is FC(F)Oc1ccc(CNc2cc(Br)cnc2Cl)cc1. The fourth-order valence-electron chi connectivity index (χ4n) is 1.53. The number of nitrogens with one attached hydrogen (secondary N) is 1. The lowest BCUT2D eigenvalue weighted by molar-refractivity contribution is -0.0498. The summed E-state index contributed by atoms with van der Waals surface area (Å²) >= 11 is 9.25. The van der Waals surface area contributed by atoms with E-state index in [1.54, 1.807) is 18.3 Å². The molecule has 0 atom stereocenters. The zero-order chi connectivity index (χ0) is 14.5. The van der Waals surface area contributed by atoms with Crippen LogP contribution in [-0.2, 0) is 6.54 Å². The van der Waals surface area contributed by atoms with Crippen molar-refractivity contribution in [1.82, 2.24) is 4.98 Å². The molecule has 3 nitrogen and oxygen atoms in total. The van der Waals surface area contributed by atoms with Gasteiger partial charge in [0.15, 0.2) is 5.15 Å². The maximum atomic E-state index is 12.0. The zero-order valence-electron chi connectivity index (χ0n) is 10.1. The van der Waals surface area contributed by atoms with Gasteiger partial charge in [-0.25, -0.2) is 4.98 Å². The van der Waals surface area contributed by atoms with Gasteiger partial charge in [-0.3, -0.25) is 0 Å². The number of hydrogen-bond acceptors (Lipinski definition) is 3. The van der Waals surface area contributed by atoms with E-state index in [4.69, 9.17) is 11.6 Å². The van der Waals surface area contributed by atoms with Crippen LogP contribution in [0.2, 0.25) is 5.15 Å². The fourth-order valence-corrected chi connectivity index (χ4v) is 2.03. The lowest BCUT2D eigenvalue weighted by Crippen LogP contribution is -2.03. The summed E-state index contributed by atoms with van der Waals surface area (Å²) in [6, 6.07) is 8.19. The summed E-state index contributed by atoms with van der Waals surface area (Å²) in [4.78, 5) is 3.99. The van der Waals surface area contributed by atoms with E-state index in [2.05, 4.69) is 31.0 Å². The van der Waals surface area contributed by atoms with Gasteiger partial charge >= 0.3 is 6.61 Å². The number of hydrogen-bond donors (Lipinski definition) is 1. The Morgan fingerprint density at radius 1 is 1.30 bits per heavy atom. The third-order valence-corrected chi connectivity index (χ3v) is 3.17. The Labute approximate surface area is 128 Å². The van der Waals surface area contributed by atoms with Crippen LogP contribution in [0.3, 0.4) is 0 Å². The molecular formula is C13H10BrClF2N2O. The van der Waals surface area contributed by atoms with E-state index in [-0.39, 0.29) is 5.75 Å². The molecule has 0 aliphatic heterocycles. The number of aromatic nitrogens is 1. The Kier molecular flexibility index (Phi) is 5.14. The second kappa shape index (κ2) is 6.85. The van der Waals surface area contributed by atoms with Crippen LogP contribution in [0.1, 0.15) is 5.56 Å². The summed E-state index contributed by atoms with van der Waals surface area (Å²) in [5.74, 6) is 0.130. The lowest BCUT2D eigenvalue weighted by atomic mass is 10.2. The molecule has 1 aromatic heterocycles. The van der Waals surface area contributed by atoms with Gasteiger partial charge in [0, 0.05) is 17.2 Å². The number of anilines is 1. The Hall–Kier alpha value is -1.40. The largest absolute Gasteiger partial charge is 0.435 e. The highest BCUT2D eigenvalue weighted by Crippen LogP contribution is 2.24. The molecule has 106 valence electrons. The molecule has 0 unspecified atom stereocenters. The van der Waals surface area contributed by atoms with Gasteiger partial charge in [0.2, 0.25) is 0 Å². The molecule has 7 heteroatoms. The second-order valence-corrected chi connectivity index (χ2v) is 5.14. The number of alkyl halides is 2. The van der Waals surface area contributed by atoms with Gasteiger partial charge in [-0.1, -0.05) is 23.7 Å². The second-order valence-electron chi connectivity index (χ2n) is 3.87. The number of halogens is 4. The Balaban J connectivity index is 1.98. The lowest BCUT2D eigenvalue weighted by Gasteiger charge is -2.09. The maximum absolute atomic E-state index is 12.0. The first-order chi connectivity index (χ1) is 9.54. The summed E-state index contributed by atoms with van der Waals surface area (Å²) < 4.78 is 29.1. The van der Waals surface area contributed by atoms with Crippen molar-refractivity contribution in [1.29, 1.82) is 0 Å². The van der Waals surface area contributed by atoms with Crippen molar-refractivity contribution in [3.05, 3.63) is 51.7 Å². The fraction of sp³-hybridized carbons (Fsp3) is 0.154. The van der Waals surface area contributed by atoms with Gasteiger partial charge in [0.05, 0.1) is 5.69 Å². The summed E-state index contributed by atoms with van der Waals surface area (Å²) in [6.45, 7) is -2.32. The minimum atomic E-state index is -2.81. The van der Waals surface area contributed by atoms with Gasteiger partial charge in [-0.15, -0.1) is 0 Å². The van der Waals surface area contributed by atoms with Crippen molar-refractivity contribution in [2.24, 2.45) is 0 Å². The van der Waals surface area contributed by atoms with Crippen molar-refractivity contribution in [3.8, 4) is 5.75 Å². The number of ether oxygens (including phenoxy) is 1. The highest BCUT2D eigenvalue weighted by molar-refractivity contribution is 9.10. The van der Waals surface area contributed by atoms with Gasteiger partial charge < -0.3 is 10.1 Å². The van der Waals surface area contributed by atoms with E-state index in [1.165, 1.54) is 12.1 Å². The van der Waals surface area contributed by atoms with Crippen molar-refractivity contribution < 1.29 is 13.5 Å². The van der Waals surface area contributed by atoms with E-state index in [0.29, 0.717) is 17.4 Å². The zero-order valence-corrected chi connectivity index (χ0v) is 12.5. The van der Waals surface area contributed by atoms with E-state index in [9.17, 15) is 8.78 Å². The highest BCUT2D eigenvalue weighted by atomic mass is 79.9. The van der Waals surface area contributed by atoms with E-state index >= 15 is 0 Å². The smallest absolute Gasteiger partial charge is 0.387 e. The van der Waals surface area contributed by atoms with Crippen LogP contribution in [0.4, 0.5) is 14.5 Å². The molecule has 0 bridgehead atoms. The van der Waals surface area contributed by atoms with Gasteiger partial charge in [0.1, 0.15) is 5.75 Å². The minimum Gasteiger partial charge on any atom is -0.435 e. The number of benzene rings is 1. The molecule has 0 saturated heterocycles. The van der Waals surface area contributed by atoms with Crippen LogP contribution in [0, 0.1) is 0 Å². The van der Waals surface area contributed by atoms with Crippen molar-refractivity contribution in [3.63, 3.8) is 0 Å². The van der Waals surface area contributed by atoms with Gasteiger partial charge in [-0.2, -0.15) is 8.78 Å². The third-order valence-electron chi connectivity index (χ3n) is 2.44. The topological polar surface area (TPSA) is 34.1 Å². The maximum Gasteiger partial charge on any atom is 0.387 e. The monoisotopic (exact) mass is 362 g/mol. The first-order valence-corrected chi connectivity index (χ1v) is 6.80. The van der Waals surface area contributed by atoms with Gasteiger partial charge in [0.25, 0.3) is 0 Å². The predicted octanol–water partition coefficient (Wildman–Crippen LogP) is 4.71. The van der Waals surface area contributed by atoms with E-state index < -0.39 is 6.61 Å². The highest BCUT2D eigenvalue weighted by Gasteiger charge is 2.05. The van der Waals surface area contributed by atoms with Crippen LogP contribution >= 0.6 is 27.5 Å². The molecule has 0 fully saturated rings. The molecule has 0 aliphatic carbocycles. The first-order valence-electron chi connectivity index (χ1n) is 5.63. The molecular weight excluding hydrogens is 354 g/mol. The minimum absolute atomic E-state index is 0.130. The Bertz CT molecular complexity index is 581.